The van der Waals surface area contributed by atoms with Crippen molar-refractivity contribution in [2.45, 2.75) is 6.54 Å². The van der Waals surface area contributed by atoms with Gasteiger partial charge in [0.2, 0.25) is 0 Å². The Morgan fingerprint density at radius 3 is 2.52 bits per heavy atom. The van der Waals surface area contributed by atoms with E-state index < -0.39 is 11.6 Å². The maximum absolute atomic E-state index is 13.6. The number of carbonyl (C=O) groups excluding carboxylic acids is 1. The minimum Gasteiger partial charge on any atom is -0.484 e. The number of halogens is 2. The zero-order chi connectivity index (χ0) is 16.8. The van der Waals surface area contributed by atoms with Gasteiger partial charge in [-0.15, -0.1) is 0 Å². The molecule has 2 aromatic rings. The standard InChI is InChI=1S/C17H14F2N2O2/c1-21(10-13-4-5-14(18)8-16(13)19)17(22)11-23-15-6-2-12(9-20)3-7-15/h2-8H,10-11H2,1H3. The highest BCUT2D eigenvalue weighted by Crippen LogP contribution is 2.13. The molecule has 0 unspecified atom stereocenters. The predicted molar refractivity (Wildman–Crippen MR) is 79.5 cm³/mol. The van der Waals surface area contributed by atoms with Gasteiger partial charge in [0.05, 0.1) is 11.6 Å². The molecule has 0 saturated heterocycles. The Morgan fingerprint density at radius 2 is 1.91 bits per heavy atom. The first-order valence-corrected chi connectivity index (χ1v) is 6.80. The van der Waals surface area contributed by atoms with Crippen molar-refractivity contribution in [3.8, 4) is 11.8 Å². The number of ether oxygens (including phenoxy) is 1. The van der Waals surface area contributed by atoms with E-state index in [-0.39, 0.29) is 24.6 Å². The first-order valence-electron chi connectivity index (χ1n) is 6.80. The van der Waals surface area contributed by atoms with E-state index in [9.17, 15) is 13.6 Å². The fourth-order valence-corrected chi connectivity index (χ4v) is 1.87. The van der Waals surface area contributed by atoms with Crippen LogP contribution >= 0.6 is 0 Å². The molecule has 23 heavy (non-hydrogen) atoms. The zero-order valence-electron chi connectivity index (χ0n) is 12.4. The highest BCUT2D eigenvalue weighted by Gasteiger charge is 2.13. The molecule has 0 heterocycles. The van der Waals surface area contributed by atoms with Gasteiger partial charge in [0.1, 0.15) is 17.4 Å². The van der Waals surface area contributed by atoms with Crippen molar-refractivity contribution in [1.29, 1.82) is 5.26 Å². The Hall–Kier alpha value is -2.94. The van der Waals surface area contributed by atoms with Gasteiger partial charge in [0.25, 0.3) is 5.91 Å². The van der Waals surface area contributed by atoms with E-state index in [4.69, 9.17) is 10.00 Å². The third kappa shape index (κ3) is 4.51. The molecule has 0 saturated carbocycles. The Balaban J connectivity index is 1.90. The van der Waals surface area contributed by atoms with Gasteiger partial charge in [-0.1, -0.05) is 6.07 Å². The summed E-state index contributed by atoms with van der Waals surface area (Å²) >= 11 is 0. The van der Waals surface area contributed by atoms with E-state index in [0.29, 0.717) is 11.3 Å². The van der Waals surface area contributed by atoms with Gasteiger partial charge in [-0.3, -0.25) is 4.79 Å². The summed E-state index contributed by atoms with van der Waals surface area (Å²) < 4.78 is 31.7. The maximum Gasteiger partial charge on any atom is 0.260 e. The summed E-state index contributed by atoms with van der Waals surface area (Å²) in [5, 5.41) is 8.69. The molecule has 4 nitrogen and oxygen atoms in total. The quantitative estimate of drug-likeness (QED) is 0.852. The Labute approximate surface area is 132 Å². The number of carbonyl (C=O) groups is 1. The average molecular weight is 316 g/mol. The first kappa shape index (κ1) is 16.4. The van der Waals surface area contributed by atoms with Crippen LogP contribution in [0.5, 0.6) is 5.75 Å². The minimum atomic E-state index is -0.697. The smallest absolute Gasteiger partial charge is 0.260 e. The number of benzene rings is 2. The van der Waals surface area contributed by atoms with E-state index in [1.165, 1.54) is 18.0 Å². The van der Waals surface area contributed by atoms with Gasteiger partial charge >= 0.3 is 0 Å². The highest BCUT2D eigenvalue weighted by atomic mass is 19.1. The fraction of sp³-hybridized carbons (Fsp3) is 0.176. The lowest BCUT2D eigenvalue weighted by molar-refractivity contribution is -0.132. The molecule has 118 valence electrons. The summed E-state index contributed by atoms with van der Waals surface area (Å²) in [4.78, 5) is 13.3. The van der Waals surface area contributed by atoms with Gasteiger partial charge in [0.15, 0.2) is 6.61 Å². The number of hydrogen-bond acceptors (Lipinski definition) is 3. The number of nitriles is 1. The third-order valence-electron chi connectivity index (χ3n) is 3.19. The van der Waals surface area contributed by atoms with Crippen LogP contribution < -0.4 is 4.74 Å². The summed E-state index contributed by atoms with van der Waals surface area (Å²) in [7, 11) is 1.51. The minimum absolute atomic E-state index is 0.0156. The lowest BCUT2D eigenvalue weighted by Gasteiger charge is -2.18. The van der Waals surface area contributed by atoms with Crippen LogP contribution in [-0.2, 0) is 11.3 Å². The second-order valence-corrected chi connectivity index (χ2v) is 4.91. The molecule has 0 aliphatic carbocycles. The molecule has 0 aliphatic rings. The number of amides is 1. The van der Waals surface area contributed by atoms with Crippen LogP contribution in [0.25, 0.3) is 0 Å². The predicted octanol–water partition coefficient (Wildman–Crippen LogP) is 2.87. The average Bonchev–Trinajstić information content (AvgIpc) is 2.55. The monoisotopic (exact) mass is 316 g/mol. The molecule has 2 aromatic carbocycles. The van der Waals surface area contributed by atoms with E-state index in [1.807, 2.05) is 6.07 Å². The van der Waals surface area contributed by atoms with Crippen molar-refractivity contribution in [3.63, 3.8) is 0 Å². The molecule has 0 atom stereocenters. The molecule has 0 aliphatic heterocycles. The molecule has 0 spiro atoms. The van der Waals surface area contributed by atoms with Crippen molar-refractivity contribution >= 4 is 5.91 Å². The molecule has 1 amide bonds. The van der Waals surface area contributed by atoms with Crippen molar-refractivity contribution in [1.82, 2.24) is 4.90 Å². The maximum atomic E-state index is 13.6. The van der Waals surface area contributed by atoms with E-state index >= 15 is 0 Å². The normalized spacial score (nSPS) is 10.0. The van der Waals surface area contributed by atoms with Gasteiger partial charge in [-0.05, 0) is 30.3 Å². The Morgan fingerprint density at radius 1 is 1.22 bits per heavy atom. The number of nitrogens with zero attached hydrogens (tertiary/aromatic N) is 2. The lowest BCUT2D eigenvalue weighted by atomic mass is 10.2. The molecule has 0 bridgehead atoms. The molecule has 0 aromatic heterocycles. The van der Waals surface area contributed by atoms with Crippen LogP contribution in [0.1, 0.15) is 11.1 Å². The van der Waals surface area contributed by atoms with Crippen LogP contribution in [0.2, 0.25) is 0 Å². The van der Waals surface area contributed by atoms with E-state index in [0.717, 1.165) is 12.1 Å². The summed E-state index contributed by atoms with van der Waals surface area (Å²) in [5.41, 5.74) is 0.716. The molecular weight excluding hydrogens is 302 g/mol. The molecule has 2 rings (SSSR count). The summed E-state index contributed by atoms with van der Waals surface area (Å²) in [6.07, 6.45) is 0. The largest absolute Gasteiger partial charge is 0.484 e. The summed E-state index contributed by atoms with van der Waals surface area (Å²) in [6.45, 7) is -0.201. The Kier molecular flexibility index (Phi) is 5.26. The lowest BCUT2D eigenvalue weighted by Crippen LogP contribution is -2.31. The van der Waals surface area contributed by atoms with Crippen molar-refractivity contribution < 1.29 is 18.3 Å². The SMILES string of the molecule is CN(Cc1ccc(F)cc1F)C(=O)COc1ccc(C#N)cc1. The molecular formula is C17H14F2N2O2. The van der Waals surface area contributed by atoms with Crippen molar-refractivity contribution in [2.75, 3.05) is 13.7 Å². The fourth-order valence-electron chi connectivity index (χ4n) is 1.87. The Bertz CT molecular complexity index is 739. The van der Waals surface area contributed by atoms with Crippen LogP contribution in [0.4, 0.5) is 8.78 Å². The highest BCUT2D eigenvalue weighted by molar-refractivity contribution is 5.77. The first-order chi connectivity index (χ1) is 11.0. The topological polar surface area (TPSA) is 53.3 Å². The van der Waals surface area contributed by atoms with Gasteiger partial charge in [-0.2, -0.15) is 5.26 Å². The summed E-state index contributed by atoms with van der Waals surface area (Å²) in [6, 6.07) is 11.5. The second kappa shape index (κ2) is 7.36. The van der Waals surface area contributed by atoms with Crippen molar-refractivity contribution in [3.05, 3.63) is 65.2 Å². The third-order valence-corrected chi connectivity index (χ3v) is 3.19. The van der Waals surface area contributed by atoms with Crippen molar-refractivity contribution in [2.24, 2.45) is 0 Å². The molecule has 0 N–H and O–H groups in total. The van der Waals surface area contributed by atoms with E-state index in [2.05, 4.69) is 0 Å². The van der Waals surface area contributed by atoms with Crippen LogP contribution in [0.3, 0.4) is 0 Å². The van der Waals surface area contributed by atoms with Gasteiger partial charge in [-0.25, -0.2) is 8.78 Å². The molecule has 0 fully saturated rings. The van der Waals surface area contributed by atoms with Crippen LogP contribution in [0, 0.1) is 23.0 Å². The molecule has 0 radical (unpaired) electrons. The van der Waals surface area contributed by atoms with E-state index in [1.54, 1.807) is 24.3 Å². The number of rotatable bonds is 5. The van der Waals surface area contributed by atoms with Crippen LogP contribution in [0.15, 0.2) is 42.5 Å². The number of hydrogen-bond donors (Lipinski definition) is 0. The molecule has 6 heteroatoms. The summed E-state index contributed by atoms with van der Waals surface area (Å²) in [5.74, 6) is -1.25. The number of likely N-dealkylation sites (N-methyl/N-ethyl adjacent to an activating group) is 1. The van der Waals surface area contributed by atoms with Crippen LogP contribution in [-0.4, -0.2) is 24.5 Å². The van der Waals surface area contributed by atoms with Gasteiger partial charge < -0.3 is 9.64 Å². The second-order valence-electron chi connectivity index (χ2n) is 4.91. The van der Waals surface area contributed by atoms with Gasteiger partial charge in [0, 0.05) is 25.2 Å². The zero-order valence-corrected chi connectivity index (χ0v) is 12.4.